The molecule has 0 atom stereocenters. The van der Waals surface area contributed by atoms with Gasteiger partial charge >= 0.3 is 29.6 Å². The molecule has 0 heterocycles. The molecule has 148 valence electrons. The molecule has 3 rings (SSSR count). The number of aryl methyl sites for hydroxylation is 1. The summed E-state index contributed by atoms with van der Waals surface area (Å²) in [6, 6.07) is 20.7. The summed E-state index contributed by atoms with van der Waals surface area (Å²) in [5.41, 5.74) is 4.56. The molecule has 2 nitrogen and oxygen atoms in total. The van der Waals surface area contributed by atoms with Crippen molar-refractivity contribution in [2.24, 2.45) is 0 Å². The van der Waals surface area contributed by atoms with Crippen LogP contribution in [0.3, 0.4) is 0 Å². The summed E-state index contributed by atoms with van der Waals surface area (Å²) in [6.07, 6.45) is 0. The molecule has 0 radical (unpaired) electrons. The van der Waals surface area contributed by atoms with E-state index in [1.54, 1.807) is 7.11 Å². The molecule has 29 heavy (non-hydrogen) atoms. The first kappa shape index (κ1) is 27.2. The first-order chi connectivity index (χ1) is 12.9. The van der Waals surface area contributed by atoms with E-state index in [2.05, 4.69) is 77.1 Å². The zero-order valence-corrected chi connectivity index (χ0v) is 21.2. The van der Waals surface area contributed by atoms with Gasteiger partial charge in [0, 0.05) is 0 Å². The minimum atomic E-state index is 0. The molecule has 0 fully saturated rings. The van der Waals surface area contributed by atoms with Crippen molar-refractivity contribution in [3.8, 4) is 11.8 Å². The van der Waals surface area contributed by atoms with Crippen molar-refractivity contribution in [2.45, 2.75) is 46.5 Å². The van der Waals surface area contributed by atoms with Crippen molar-refractivity contribution < 1.29 is 34.3 Å². The summed E-state index contributed by atoms with van der Waals surface area (Å²) in [4.78, 5) is 0. The Bertz CT molecular complexity index is 955. The van der Waals surface area contributed by atoms with Crippen LogP contribution in [0.2, 0.25) is 0 Å². The molecule has 3 heteroatoms. The number of ether oxygens (including phenoxy) is 1. The molecule has 0 saturated carbocycles. The second-order valence-corrected chi connectivity index (χ2v) is 7.43. The maximum Gasteiger partial charge on any atom is 1.00 e. The monoisotopic (exact) mass is 397 g/mol. The fourth-order valence-electron chi connectivity index (χ4n) is 3.26. The van der Waals surface area contributed by atoms with E-state index in [1.165, 1.54) is 27.5 Å². The number of nitriles is 1. The molecule has 0 amide bonds. The van der Waals surface area contributed by atoms with E-state index in [-0.39, 0.29) is 37.0 Å². The van der Waals surface area contributed by atoms with Gasteiger partial charge in [0.1, 0.15) is 5.75 Å². The fraction of sp³-hybridized carbons (Fsp3) is 0.308. The molecule has 0 aliphatic rings. The van der Waals surface area contributed by atoms with Crippen LogP contribution in [0, 0.1) is 25.7 Å². The predicted octanol–water partition coefficient (Wildman–Crippen LogP) is 4.42. The summed E-state index contributed by atoms with van der Waals surface area (Å²) in [7, 11) is 1.73. The zero-order valence-electron chi connectivity index (χ0n) is 19.2. The normalized spacial score (nSPS) is 9.76. The van der Waals surface area contributed by atoms with Gasteiger partial charge in [-0.15, -0.1) is 0 Å². The number of hydrogen-bond donors (Lipinski definition) is 0. The molecule has 0 bridgehead atoms. The quantitative estimate of drug-likeness (QED) is 0.484. The van der Waals surface area contributed by atoms with Crippen molar-refractivity contribution >= 4 is 10.8 Å². The largest absolute Gasteiger partial charge is 1.00 e. The van der Waals surface area contributed by atoms with Gasteiger partial charge in [0.25, 0.3) is 0 Å². The van der Waals surface area contributed by atoms with Crippen LogP contribution in [-0.4, -0.2) is 7.11 Å². The molecule has 0 unspecified atom stereocenters. The maximum atomic E-state index is 8.64. The number of nitrogens with zero attached hydrogens (tertiary/aromatic N) is 1. The summed E-state index contributed by atoms with van der Waals surface area (Å²) in [5.74, 6) is 2.02. The number of methoxy groups -OCH3 is 1. The minimum Gasteiger partial charge on any atom is -0.496 e. The first-order valence-corrected chi connectivity index (χ1v) is 9.44. The van der Waals surface area contributed by atoms with Crippen molar-refractivity contribution in [2.75, 3.05) is 7.11 Å². The molecule has 0 aliphatic heterocycles. The van der Waals surface area contributed by atoms with E-state index in [9.17, 15) is 0 Å². The fourth-order valence-corrected chi connectivity index (χ4v) is 3.26. The number of benzene rings is 3. The Morgan fingerprint density at radius 2 is 1.38 bits per heavy atom. The van der Waals surface area contributed by atoms with Crippen LogP contribution in [0.25, 0.3) is 10.8 Å². The number of hydrogen-bond acceptors (Lipinski definition) is 2. The van der Waals surface area contributed by atoms with Gasteiger partial charge in [0.2, 0.25) is 0 Å². The summed E-state index contributed by atoms with van der Waals surface area (Å²) < 4.78 is 5.41. The third kappa shape index (κ3) is 7.19. The second-order valence-electron chi connectivity index (χ2n) is 7.43. The van der Waals surface area contributed by atoms with Gasteiger partial charge in [-0.25, -0.2) is 0 Å². The summed E-state index contributed by atoms with van der Waals surface area (Å²) in [5, 5.41) is 11.2. The van der Waals surface area contributed by atoms with E-state index in [0.717, 1.165) is 11.3 Å². The molecule has 3 aromatic carbocycles. The van der Waals surface area contributed by atoms with Gasteiger partial charge in [0.15, 0.2) is 0 Å². The van der Waals surface area contributed by atoms with Crippen molar-refractivity contribution in [1.29, 1.82) is 5.26 Å². The smallest absolute Gasteiger partial charge is 0.496 e. The Morgan fingerprint density at radius 1 is 0.828 bits per heavy atom. The Kier molecular flexibility index (Phi) is 11.9. The van der Waals surface area contributed by atoms with Crippen molar-refractivity contribution in [3.05, 3.63) is 84.3 Å². The molecule has 3 aromatic rings. The van der Waals surface area contributed by atoms with Crippen LogP contribution in [0.5, 0.6) is 5.75 Å². The molecule has 0 saturated heterocycles. The molecular weight excluding hydrogens is 365 g/mol. The minimum absolute atomic E-state index is 0. The van der Waals surface area contributed by atoms with Crippen LogP contribution in [-0.2, 0) is 0 Å². The van der Waals surface area contributed by atoms with Gasteiger partial charge in [-0.05, 0) is 70.5 Å². The van der Waals surface area contributed by atoms with Crippen LogP contribution >= 0.6 is 0 Å². The Balaban J connectivity index is 0.000000518. The van der Waals surface area contributed by atoms with Crippen LogP contribution < -0.4 is 34.3 Å². The first-order valence-electron chi connectivity index (χ1n) is 9.44. The Hall–Kier alpha value is -1.79. The van der Waals surface area contributed by atoms with Gasteiger partial charge in [0.05, 0.1) is 18.7 Å². The van der Waals surface area contributed by atoms with Gasteiger partial charge in [-0.1, -0.05) is 58.0 Å². The molecular formula is C26H32NNaO. The van der Waals surface area contributed by atoms with Gasteiger partial charge in [-0.2, -0.15) is 5.26 Å². The molecule has 0 spiro atoms. The van der Waals surface area contributed by atoms with E-state index < -0.39 is 0 Å². The summed E-state index contributed by atoms with van der Waals surface area (Å²) >= 11 is 0. The standard InChI is InChI=1S/C14H16O.C11H13N.CH3.Na/c1-10(2)13-8-11-6-4-5-7-12(11)9-14(13)15-3;1-8(2)11-5-4-10(7-12)6-9(11)3;;/h4-10H,1-3H3;4-6,8H,1-3H3;1H3;/q;;-1;+1. The second kappa shape index (κ2) is 12.7. The average molecular weight is 398 g/mol. The van der Waals surface area contributed by atoms with E-state index in [4.69, 9.17) is 10.00 Å². The average Bonchev–Trinajstić information content (AvgIpc) is 2.66. The van der Waals surface area contributed by atoms with Gasteiger partial charge in [-0.3, -0.25) is 0 Å². The zero-order chi connectivity index (χ0) is 20.0. The topological polar surface area (TPSA) is 33.0 Å². The van der Waals surface area contributed by atoms with Crippen molar-refractivity contribution in [3.63, 3.8) is 0 Å². The summed E-state index contributed by atoms with van der Waals surface area (Å²) in [6.45, 7) is 10.7. The maximum absolute atomic E-state index is 8.64. The Labute approximate surface area is 199 Å². The van der Waals surface area contributed by atoms with E-state index in [0.29, 0.717) is 11.8 Å². The predicted molar refractivity (Wildman–Crippen MR) is 121 cm³/mol. The van der Waals surface area contributed by atoms with Crippen LogP contribution in [0.1, 0.15) is 61.8 Å². The third-order valence-corrected chi connectivity index (χ3v) is 4.74. The van der Waals surface area contributed by atoms with Crippen LogP contribution in [0.4, 0.5) is 0 Å². The third-order valence-electron chi connectivity index (χ3n) is 4.74. The number of rotatable bonds is 3. The SMILES string of the molecule is COc1cc2ccccc2cc1C(C)C.Cc1cc(C#N)ccc1C(C)C.[CH3-].[Na+]. The van der Waals surface area contributed by atoms with Gasteiger partial charge < -0.3 is 12.2 Å². The number of fused-ring (bicyclic) bond motifs is 1. The van der Waals surface area contributed by atoms with Crippen molar-refractivity contribution in [1.82, 2.24) is 0 Å². The van der Waals surface area contributed by atoms with E-state index in [1.807, 2.05) is 18.2 Å². The molecule has 0 aliphatic carbocycles. The van der Waals surface area contributed by atoms with Crippen LogP contribution in [0.15, 0.2) is 54.6 Å². The Morgan fingerprint density at radius 3 is 1.83 bits per heavy atom. The molecule has 0 N–H and O–H groups in total. The molecule has 0 aromatic heterocycles. The van der Waals surface area contributed by atoms with E-state index >= 15 is 0 Å².